The van der Waals surface area contributed by atoms with Crippen molar-refractivity contribution in [1.82, 2.24) is 24.4 Å². The van der Waals surface area contributed by atoms with E-state index in [1.165, 1.54) is 14.0 Å². The summed E-state index contributed by atoms with van der Waals surface area (Å²) in [6.45, 7) is 1.53. The largest absolute Gasteiger partial charge is 0.467 e. The second-order valence-electron chi connectivity index (χ2n) is 9.87. The Kier molecular flexibility index (Phi) is 6.38. The first kappa shape index (κ1) is 25.2. The molecule has 2 amide bonds. The lowest BCUT2D eigenvalue weighted by molar-refractivity contribution is -0.138. The maximum Gasteiger partial charge on any atom is 0.316 e. The molecule has 3 aromatic heterocycles. The van der Waals surface area contributed by atoms with Gasteiger partial charge in [0.2, 0.25) is 11.8 Å². The standard InChI is InChI=1S/C28H25BrN6O4/c1-15(36)20-13-34(21-7-6-16(8-19(20)21)18-11-30-28(39-2)31-12-18)14-26(37)35-22-9-17(22)10-23(35)27(38)33-25-5-3-4-24(29)32-25/h3-8,11-13,17,22-23H,9-10,14H2,1-2H3,(H,32,33,38)/t17-,22-,23+/m1/s1. The van der Waals surface area contributed by atoms with Crippen molar-refractivity contribution in [2.24, 2.45) is 5.92 Å². The number of Topliss-reactive ketones (excluding diaryl/α,β-unsaturated/α-hetero) is 1. The van der Waals surface area contributed by atoms with Gasteiger partial charge in [0.05, 0.1) is 7.11 Å². The number of amides is 2. The summed E-state index contributed by atoms with van der Waals surface area (Å²) in [6.07, 6.45) is 6.59. The Labute approximate surface area is 232 Å². The van der Waals surface area contributed by atoms with Crippen LogP contribution in [0.25, 0.3) is 22.0 Å². The van der Waals surface area contributed by atoms with Crippen LogP contribution >= 0.6 is 15.9 Å². The number of pyridine rings is 1. The number of halogens is 1. The molecule has 198 valence electrons. The fraction of sp³-hybridized carbons (Fsp3) is 0.286. The smallest absolute Gasteiger partial charge is 0.316 e. The third kappa shape index (κ3) is 4.78. The number of rotatable bonds is 7. The van der Waals surface area contributed by atoms with Gasteiger partial charge >= 0.3 is 6.01 Å². The Morgan fingerprint density at radius 3 is 2.62 bits per heavy atom. The second kappa shape index (κ2) is 9.88. The van der Waals surface area contributed by atoms with Crippen LogP contribution in [0.1, 0.15) is 30.1 Å². The zero-order valence-electron chi connectivity index (χ0n) is 21.3. The fourth-order valence-corrected chi connectivity index (χ4v) is 5.77. The second-order valence-corrected chi connectivity index (χ2v) is 10.7. The average Bonchev–Trinajstić information content (AvgIpc) is 3.43. The summed E-state index contributed by atoms with van der Waals surface area (Å²) in [5.74, 6) is 0.277. The zero-order valence-corrected chi connectivity index (χ0v) is 22.9. The molecule has 1 aromatic carbocycles. The average molecular weight is 589 g/mol. The molecule has 0 bridgehead atoms. The molecular formula is C28H25BrN6O4. The minimum atomic E-state index is -0.558. The van der Waals surface area contributed by atoms with Gasteiger partial charge in [-0.1, -0.05) is 12.1 Å². The highest BCUT2D eigenvalue weighted by molar-refractivity contribution is 9.10. The quantitative estimate of drug-likeness (QED) is 0.255. The molecule has 1 saturated carbocycles. The van der Waals surface area contributed by atoms with Crippen molar-refractivity contribution in [3.8, 4) is 17.1 Å². The van der Waals surface area contributed by atoms with Gasteiger partial charge in [-0.25, -0.2) is 15.0 Å². The van der Waals surface area contributed by atoms with Gasteiger partial charge in [0.15, 0.2) is 5.78 Å². The molecule has 6 rings (SSSR count). The molecule has 1 N–H and O–H groups in total. The van der Waals surface area contributed by atoms with Crippen LogP contribution in [0.15, 0.2) is 59.6 Å². The number of nitrogens with one attached hydrogen (secondary N) is 1. The van der Waals surface area contributed by atoms with Gasteiger partial charge in [0.1, 0.15) is 23.0 Å². The van der Waals surface area contributed by atoms with E-state index in [0.29, 0.717) is 28.3 Å². The summed E-state index contributed by atoms with van der Waals surface area (Å²) in [6, 6.07) is 10.8. The van der Waals surface area contributed by atoms with Gasteiger partial charge in [-0.05, 0) is 71.4 Å². The van der Waals surface area contributed by atoms with E-state index in [-0.39, 0.29) is 36.2 Å². The number of nitrogens with zero attached hydrogens (tertiary/aromatic N) is 5. The SMILES string of the molecule is COc1ncc(-c2ccc3c(c2)c(C(C)=O)cn3CC(=O)N2[C@@H]3C[C@@H]3C[C@H]2C(=O)Nc2cccc(Br)n2)cn1. The van der Waals surface area contributed by atoms with Crippen molar-refractivity contribution in [1.29, 1.82) is 0 Å². The number of fused-ring (bicyclic) bond motifs is 2. The third-order valence-corrected chi connectivity index (χ3v) is 7.81. The van der Waals surface area contributed by atoms with Crippen LogP contribution in [0.5, 0.6) is 6.01 Å². The molecule has 4 aromatic rings. The summed E-state index contributed by atoms with van der Waals surface area (Å²) in [7, 11) is 1.50. The number of likely N-dealkylation sites (tertiary alicyclic amines) is 1. The lowest BCUT2D eigenvalue weighted by Gasteiger charge is -2.27. The van der Waals surface area contributed by atoms with E-state index < -0.39 is 6.04 Å². The van der Waals surface area contributed by atoms with E-state index in [1.54, 1.807) is 46.3 Å². The number of hydrogen-bond donors (Lipinski definition) is 1. The van der Waals surface area contributed by atoms with E-state index in [1.807, 2.05) is 18.2 Å². The highest BCUT2D eigenvalue weighted by atomic mass is 79.9. The van der Waals surface area contributed by atoms with Crippen LogP contribution < -0.4 is 10.1 Å². The topological polar surface area (TPSA) is 119 Å². The predicted molar refractivity (Wildman–Crippen MR) is 147 cm³/mol. The van der Waals surface area contributed by atoms with Gasteiger partial charge in [-0.2, -0.15) is 0 Å². The monoisotopic (exact) mass is 588 g/mol. The number of ketones is 1. The highest BCUT2D eigenvalue weighted by Gasteiger charge is 2.56. The minimum absolute atomic E-state index is 0.0247. The maximum absolute atomic E-state index is 13.6. The van der Waals surface area contributed by atoms with E-state index in [4.69, 9.17) is 4.74 Å². The van der Waals surface area contributed by atoms with Crippen molar-refractivity contribution in [2.45, 2.75) is 38.4 Å². The van der Waals surface area contributed by atoms with E-state index in [0.717, 1.165) is 28.5 Å². The molecule has 0 spiro atoms. The van der Waals surface area contributed by atoms with Gasteiger partial charge in [-0.15, -0.1) is 0 Å². The first-order chi connectivity index (χ1) is 18.8. The number of carbonyl (C=O) groups excluding carboxylic acids is 3. The molecule has 1 aliphatic carbocycles. The molecule has 39 heavy (non-hydrogen) atoms. The van der Waals surface area contributed by atoms with Crippen molar-refractivity contribution >= 4 is 50.2 Å². The van der Waals surface area contributed by atoms with Gasteiger partial charge in [0.25, 0.3) is 0 Å². The van der Waals surface area contributed by atoms with Crippen LogP contribution in [0.4, 0.5) is 5.82 Å². The van der Waals surface area contributed by atoms with Crippen molar-refractivity contribution < 1.29 is 19.1 Å². The summed E-state index contributed by atoms with van der Waals surface area (Å²) >= 11 is 3.31. The molecule has 2 fully saturated rings. The normalized spacial score (nSPS) is 19.6. The summed E-state index contributed by atoms with van der Waals surface area (Å²) < 4.78 is 7.45. The number of anilines is 1. The van der Waals surface area contributed by atoms with Crippen LogP contribution in [-0.4, -0.2) is 61.2 Å². The molecule has 1 aliphatic heterocycles. The number of hydrogen-bond acceptors (Lipinski definition) is 7. The number of methoxy groups -OCH3 is 1. The molecular weight excluding hydrogens is 564 g/mol. The Balaban J connectivity index is 1.26. The molecule has 2 aliphatic rings. The first-order valence-electron chi connectivity index (χ1n) is 12.6. The molecule has 4 heterocycles. The van der Waals surface area contributed by atoms with Crippen LogP contribution in [0.3, 0.4) is 0 Å². The number of aromatic nitrogens is 4. The Morgan fingerprint density at radius 2 is 1.90 bits per heavy atom. The van der Waals surface area contributed by atoms with Crippen molar-refractivity contribution in [2.75, 3.05) is 12.4 Å². The number of piperidine rings is 1. The van der Waals surface area contributed by atoms with Crippen LogP contribution in [0.2, 0.25) is 0 Å². The molecule has 0 unspecified atom stereocenters. The first-order valence-corrected chi connectivity index (χ1v) is 13.4. The Hall–Kier alpha value is -4.12. The van der Waals surface area contributed by atoms with Gasteiger partial charge < -0.3 is 19.5 Å². The molecule has 0 radical (unpaired) electrons. The molecule has 3 atom stereocenters. The minimum Gasteiger partial charge on any atom is -0.467 e. The van der Waals surface area contributed by atoms with Crippen molar-refractivity contribution in [3.05, 3.63) is 65.2 Å². The predicted octanol–water partition coefficient (Wildman–Crippen LogP) is 4.10. The number of benzene rings is 1. The molecule has 10 nitrogen and oxygen atoms in total. The fourth-order valence-electron chi connectivity index (χ4n) is 5.42. The molecule has 11 heteroatoms. The summed E-state index contributed by atoms with van der Waals surface area (Å²) in [4.78, 5) is 53.6. The number of carbonyl (C=O) groups is 3. The maximum atomic E-state index is 13.6. The van der Waals surface area contributed by atoms with E-state index >= 15 is 0 Å². The Morgan fingerprint density at radius 1 is 1.10 bits per heavy atom. The summed E-state index contributed by atoms with van der Waals surface area (Å²) in [5.41, 5.74) is 2.91. The summed E-state index contributed by atoms with van der Waals surface area (Å²) in [5, 5.41) is 3.59. The lowest BCUT2D eigenvalue weighted by Crippen LogP contribution is -2.46. The highest BCUT2D eigenvalue weighted by Crippen LogP contribution is 2.48. The molecule has 1 saturated heterocycles. The van der Waals surface area contributed by atoms with Crippen LogP contribution in [-0.2, 0) is 16.1 Å². The van der Waals surface area contributed by atoms with Gasteiger partial charge in [0, 0.05) is 46.7 Å². The van der Waals surface area contributed by atoms with Crippen molar-refractivity contribution in [3.63, 3.8) is 0 Å². The lowest BCUT2D eigenvalue weighted by atomic mass is 10.0. The number of ether oxygens (including phenoxy) is 1. The van der Waals surface area contributed by atoms with E-state index in [2.05, 4.69) is 36.2 Å². The Bertz CT molecular complexity index is 1620. The van der Waals surface area contributed by atoms with E-state index in [9.17, 15) is 14.4 Å². The zero-order chi connectivity index (χ0) is 27.3. The third-order valence-electron chi connectivity index (χ3n) is 7.37. The van der Waals surface area contributed by atoms with Gasteiger partial charge in [-0.3, -0.25) is 14.4 Å². The van der Waals surface area contributed by atoms with Crippen LogP contribution in [0, 0.1) is 5.92 Å².